The maximum atomic E-state index is 13.5. The SMILES string of the molecule is C=Cc1c(C)c2cc3nc(c(C)c4cc(C)c(cc5nc(cc1[nH]2)C(C)=C5CC)[nH]4)C(CCC(=O)N(C)CCCOC1O[C@H](CO)[C@@H](O)[C@H](O)[C@H]1O)=C3C. The number of aromatic amines is 2. The fraction of sp³-hybridized carbons (Fsp3) is 0.452. The first kappa shape index (κ1) is 39.3. The lowest BCUT2D eigenvalue weighted by Crippen LogP contribution is -2.59. The average molecular weight is 740 g/mol. The number of allylic oxidation sites excluding steroid dienone is 4. The van der Waals surface area contributed by atoms with Gasteiger partial charge < -0.3 is 44.8 Å². The highest BCUT2D eigenvalue weighted by Gasteiger charge is 2.44. The molecule has 12 nitrogen and oxygen atoms in total. The molecular weight excluding hydrogens is 686 g/mol. The summed E-state index contributed by atoms with van der Waals surface area (Å²) in [6, 6.07) is 8.47. The molecule has 1 unspecified atom stereocenters. The summed E-state index contributed by atoms with van der Waals surface area (Å²) in [5.74, 6) is -0.0389. The maximum Gasteiger partial charge on any atom is 0.222 e. The Hall–Kier alpha value is -4.43. The number of aryl methyl sites for hydroxylation is 3. The highest BCUT2D eigenvalue weighted by atomic mass is 16.7. The minimum absolute atomic E-state index is 0.0389. The van der Waals surface area contributed by atoms with Crippen molar-refractivity contribution in [3.05, 3.63) is 75.9 Å². The van der Waals surface area contributed by atoms with Crippen LogP contribution in [0.2, 0.25) is 0 Å². The highest BCUT2D eigenvalue weighted by molar-refractivity contribution is 5.96. The zero-order valence-corrected chi connectivity index (χ0v) is 32.3. The van der Waals surface area contributed by atoms with Gasteiger partial charge in [0.05, 0.1) is 36.0 Å². The number of ether oxygens (including phenoxy) is 2. The summed E-state index contributed by atoms with van der Waals surface area (Å²) in [5.41, 5.74) is 15.9. The summed E-state index contributed by atoms with van der Waals surface area (Å²) in [5, 5.41) is 39.7. The zero-order chi connectivity index (χ0) is 39.0. The monoisotopic (exact) mass is 739 g/mol. The Balaban J connectivity index is 1.29. The van der Waals surface area contributed by atoms with E-state index in [4.69, 9.17) is 19.4 Å². The molecule has 6 N–H and O–H groups in total. The number of carbonyl (C=O) groups excluding carboxylic acids is 1. The van der Waals surface area contributed by atoms with Crippen LogP contribution in [-0.4, -0.2) is 109 Å². The Labute approximate surface area is 315 Å². The van der Waals surface area contributed by atoms with Gasteiger partial charge in [0.15, 0.2) is 6.29 Å². The Morgan fingerprint density at radius 3 is 2.24 bits per heavy atom. The van der Waals surface area contributed by atoms with Gasteiger partial charge in [0.2, 0.25) is 5.91 Å². The number of nitrogens with zero attached hydrogens (tertiary/aromatic N) is 3. The second-order valence-electron chi connectivity index (χ2n) is 14.6. The minimum atomic E-state index is -1.51. The van der Waals surface area contributed by atoms with Crippen molar-refractivity contribution < 1.29 is 34.7 Å². The molecule has 0 radical (unpaired) electrons. The van der Waals surface area contributed by atoms with Crippen LogP contribution in [0, 0.1) is 20.8 Å². The second kappa shape index (κ2) is 16.1. The molecule has 0 aromatic carbocycles. The van der Waals surface area contributed by atoms with Gasteiger partial charge in [-0.2, -0.15) is 0 Å². The summed E-state index contributed by atoms with van der Waals surface area (Å²) in [4.78, 5) is 32.7. The maximum absolute atomic E-state index is 13.5. The van der Waals surface area contributed by atoms with E-state index in [2.05, 4.69) is 82.4 Å². The Morgan fingerprint density at radius 2 is 1.54 bits per heavy atom. The fourth-order valence-electron chi connectivity index (χ4n) is 7.59. The smallest absolute Gasteiger partial charge is 0.222 e. The van der Waals surface area contributed by atoms with Gasteiger partial charge in [-0.25, -0.2) is 9.97 Å². The molecular formula is C42H53N5O7. The number of hydrogen-bond donors (Lipinski definition) is 6. The molecule has 5 atom stereocenters. The van der Waals surface area contributed by atoms with Crippen LogP contribution in [-0.2, 0) is 14.3 Å². The number of nitrogens with one attached hydrogen (secondary N) is 2. The van der Waals surface area contributed by atoms with Crippen molar-refractivity contribution in [1.29, 1.82) is 0 Å². The number of carbonyl (C=O) groups is 1. The van der Waals surface area contributed by atoms with Gasteiger partial charge >= 0.3 is 0 Å². The molecule has 8 bridgehead atoms. The molecule has 1 saturated heterocycles. The van der Waals surface area contributed by atoms with E-state index in [1.54, 1.807) is 11.9 Å². The Bertz CT molecular complexity index is 2180. The van der Waals surface area contributed by atoms with Gasteiger partial charge in [-0.3, -0.25) is 4.79 Å². The van der Waals surface area contributed by atoms with Crippen molar-refractivity contribution in [3.63, 3.8) is 0 Å². The summed E-state index contributed by atoms with van der Waals surface area (Å²) in [6.07, 6.45) is -2.73. The number of H-pyrrole nitrogens is 2. The molecule has 0 spiro atoms. The molecule has 3 aromatic rings. The molecule has 6 heterocycles. The summed E-state index contributed by atoms with van der Waals surface area (Å²) >= 11 is 0. The normalized spacial score (nSPS) is 21.6. The fourth-order valence-corrected chi connectivity index (χ4v) is 7.59. The minimum Gasteiger partial charge on any atom is -0.394 e. The van der Waals surface area contributed by atoms with Gasteiger partial charge in [0.1, 0.15) is 24.4 Å². The van der Waals surface area contributed by atoms with Gasteiger partial charge in [-0.05, 0) is 117 Å². The van der Waals surface area contributed by atoms with E-state index in [0.717, 1.165) is 90.2 Å². The third-order valence-electron chi connectivity index (χ3n) is 11.1. The molecule has 3 aliphatic rings. The Morgan fingerprint density at radius 1 is 0.889 bits per heavy atom. The van der Waals surface area contributed by atoms with Crippen LogP contribution >= 0.6 is 0 Å². The molecule has 12 heteroatoms. The number of fused-ring (bicyclic) bond motifs is 8. The lowest BCUT2D eigenvalue weighted by molar-refractivity contribution is -0.301. The van der Waals surface area contributed by atoms with Crippen molar-refractivity contribution >= 4 is 56.3 Å². The quantitative estimate of drug-likeness (QED) is 0.137. The third kappa shape index (κ3) is 7.46. The van der Waals surface area contributed by atoms with Crippen LogP contribution in [0.5, 0.6) is 0 Å². The zero-order valence-electron chi connectivity index (χ0n) is 32.3. The van der Waals surface area contributed by atoms with Crippen LogP contribution in [0.3, 0.4) is 0 Å². The number of rotatable bonds is 11. The molecule has 3 aromatic heterocycles. The molecule has 1 fully saturated rings. The number of aliphatic hydroxyl groups excluding tert-OH is 4. The van der Waals surface area contributed by atoms with E-state index in [-0.39, 0.29) is 18.9 Å². The topological polar surface area (TPSA) is 177 Å². The number of hydrogen-bond acceptors (Lipinski definition) is 9. The lowest BCUT2D eigenvalue weighted by Gasteiger charge is -2.39. The average Bonchev–Trinajstić information content (AvgIpc) is 3.86. The second-order valence-corrected chi connectivity index (χ2v) is 14.6. The van der Waals surface area contributed by atoms with Crippen LogP contribution < -0.4 is 0 Å². The van der Waals surface area contributed by atoms with Crippen LogP contribution in [0.25, 0.3) is 50.4 Å². The van der Waals surface area contributed by atoms with Gasteiger partial charge in [0, 0.05) is 47.6 Å². The van der Waals surface area contributed by atoms with Crippen molar-refractivity contribution in [1.82, 2.24) is 24.8 Å². The predicted octanol–water partition coefficient (Wildman–Crippen LogP) is 5.60. The summed E-state index contributed by atoms with van der Waals surface area (Å²) in [6.45, 7) is 16.7. The number of aromatic nitrogens is 4. The summed E-state index contributed by atoms with van der Waals surface area (Å²) < 4.78 is 11.0. The first-order valence-corrected chi connectivity index (χ1v) is 18.7. The predicted molar refractivity (Wildman–Crippen MR) is 212 cm³/mol. The summed E-state index contributed by atoms with van der Waals surface area (Å²) in [7, 11) is 1.74. The molecule has 0 aliphatic carbocycles. The largest absolute Gasteiger partial charge is 0.394 e. The van der Waals surface area contributed by atoms with Gasteiger partial charge in [0.25, 0.3) is 0 Å². The van der Waals surface area contributed by atoms with Crippen molar-refractivity contribution in [2.75, 3.05) is 26.8 Å². The third-order valence-corrected chi connectivity index (χ3v) is 11.1. The van der Waals surface area contributed by atoms with Crippen LogP contribution in [0.15, 0.2) is 30.8 Å². The van der Waals surface area contributed by atoms with E-state index >= 15 is 0 Å². The molecule has 6 rings (SSSR count). The highest BCUT2D eigenvalue weighted by Crippen LogP contribution is 2.37. The molecule has 0 saturated carbocycles. The first-order chi connectivity index (χ1) is 25.8. The van der Waals surface area contributed by atoms with Crippen molar-refractivity contribution in [2.24, 2.45) is 0 Å². The molecule has 288 valence electrons. The van der Waals surface area contributed by atoms with E-state index in [9.17, 15) is 25.2 Å². The molecule has 1 amide bonds. The van der Waals surface area contributed by atoms with Gasteiger partial charge in [-0.1, -0.05) is 19.6 Å². The van der Waals surface area contributed by atoms with E-state index in [0.29, 0.717) is 19.4 Å². The van der Waals surface area contributed by atoms with Gasteiger partial charge in [-0.15, -0.1) is 0 Å². The Kier molecular flexibility index (Phi) is 11.7. The van der Waals surface area contributed by atoms with E-state index in [1.165, 1.54) is 5.57 Å². The van der Waals surface area contributed by atoms with Crippen molar-refractivity contribution in [3.8, 4) is 0 Å². The standard InChI is InChI=1S/C42H53N5O7/c1-9-26-23(5)32-19-35-27(10-2)22(4)31(44-35)18-33-24(6)28(38(46-33)25(7)30-16-21(3)29(43-30)17-34(26)45-32)12-13-37(49)47(8)14-11-15-53-42-41(52)40(51)39(50)36(20-48)54-42/h10,16-19,36,39-44,48,50-52H,2,9,11-15,20H2,1,3-8H3/t36-,39-,40+,41-,42?/m1/s1. The first-order valence-electron chi connectivity index (χ1n) is 18.7. The van der Waals surface area contributed by atoms with Crippen LogP contribution in [0.4, 0.5) is 0 Å². The van der Waals surface area contributed by atoms with Crippen LogP contribution in [0.1, 0.15) is 91.5 Å². The van der Waals surface area contributed by atoms with Crippen molar-refractivity contribution in [2.45, 2.75) is 97.9 Å². The lowest BCUT2D eigenvalue weighted by atomic mass is 9.98. The molecule has 3 aliphatic heterocycles. The van der Waals surface area contributed by atoms with E-state index in [1.807, 2.05) is 6.08 Å². The number of aliphatic hydroxyl groups is 4. The molecule has 54 heavy (non-hydrogen) atoms. The van der Waals surface area contributed by atoms with E-state index < -0.39 is 37.3 Å². The number of amides is 1.